The minimum absolute atomic E-state index is 0.163. The number of ether oxygens (including phenoxy) is 1. The van der Waals surface area contributed by atoms with Crippen molar-refractivity contribution in [3.63, 3.8) is 0 Å². The predicted octanol–water partition coefficient (Wildman–Crippen LogP) is 3.26. The van der Waals surface area contributed by atoms with Crippen molar-refractivity contribution in [3.05, 3.63) is 87.9 Å². The molecular formula is C22H18FN3O3. The fraction of sp³-hybridized carbons (Fsp3) is 0.182. The molecule has 0 unspecified atom stereocenters. The Morgan fingerprint density at radius 1 is 1.24 bits per heavy atom. The molecule has 0 fully saturated rings. The van der Waals surface area contributed by atoms with Crippen molar-refractivity contribution in [1.82, 2.24) is 14.3 Å². The van der Waals surface area contributed by atoms with Gasteiger partial charge in [0, 0.05) is 36.2 Å². The van der Waals surface area contributed by atoms with Crippen molar-refractivity contribution in [2.75, 3.05) is 13.7 Å². The molecule has 4 aromatic rings. The first kappa shape index (κ1) is 17.6. The van der Waals surface area contributed by atoms with Gasteiger partial charge >= 0.3 is 0 Å². The summed E-state index contributed by atoms with van der Waals surface area (Å²) < 4.78 is 21.3. The van der Waals surface area contributed by atoms with E-state index in [4.69, 9.17) is 4.74 Å². The van der Waals surface area contributed by atoms with Gasteiger partial charge in [-0.15, -0.1) is 0 Å². The number of likely N-dealkylation sites (N-methyl/N-ethyl adjacent to an activating group) is 1. The molecule has 0 aliphatic carbocycles. The normalized spacial score (nSPS) is 16.1. The quantitative estimate of drug-likeness (QED) is 0.570. The van der Waals surface area contributed by atoms with Crippen LogP contribution in [0, 0.1) is 5.82 Å². The highest BCUT2D eigenvalue weighted by Crippen LogP contribution is 2.33. The van der Waals surface area contributed by atoms with Gasteiger partial charge in [-0.3, -0.25) is 9.59 Å². The second-order valence-electron chi connectivity index (χ2n) is 7.24. The number of nitrogens with zero attached hydrogens (tertiary/aromatic N) is 2. The fourth-order valence-electron chi connectivity index (χ4n) is 4.03. The number of carbonyl (C=O) groups is 1. The monoisotopic (exact) mass is 391 g/mol. The van der Waals surface area contributed by atoms with E-state index in [0.717, 1.165) is 11.1 Å². The number of aromatic amines is 1. The van der Waals surface area contributed by atoms with E-state index in [2.05, 4.69) is 4.98 Å². The molecule has 0 saturated carbocycles. The van der Waals surface area contributed by atoms with Crippen molar-refractivity contribution in [2.45, 2.75) is 12.6 Å². The average molecular weight is 391 g/mol. The number of H-pyrrole nitrogens is 1. The molecule has 5 rings (SSSR count). The first-order valence-corrected chi connectivity index (χ1v) is 9.29. The zero-order valence-electron chi connectivity index (χ0n) is 15.7. The minimum Gasteiger partial charge on any atom is -0.373 e. The van der Waals surface area contributed by atoms with E-state index in [9.17, 15) is 14.0 Å². The number of hydrogen-bond acceptors (Lipinski definition) is 3. The van der Waals surface area contributed by atoms with E-state index < -0.39 is 11.9 Å². The first-order valence-electron chi connectivity index (χ1n) is 9.29. The van der Waals surface area contributed by atoms with Crippen LogP contribution in [0.3, 0.4) is 0 Å². The summed E-state index contributed by atoms with van der Waals surface area (Å²) in [7, 11) is 1.71. The summed E-state index contributed by atoms with van der Waals surface area (Å²) in [5, 5.41) is 0.907. The van der Waals surface area contributed by atoms with Crippen molar-refractivity contribution >= 4 is 22.2 Å². The van der Waals surface area contributed by atoms with E-state index in [1.807, 2.05) is 28.8 Å². The van der Waals surface area contributed by atoms with E-state index >= 15 is 0 Å². The van der Waals surface area contributed by atoms with Crippen molar-refractivity contribution < 1.29 is 13.9 Å². The summed E-state index contributed by atoms with van der Waals surface area (Å²) in [6, 6.07) is 11.3. The highest BCUT2D eigenvalue weighted by Gasteiger charge is 2.31. The lowest BCUT2D eigenvalue weighted by Gasteiger charge is -2.33. The van der Waals surface area contributed by atoms with Crippen molar-refractivity contribution in [2.24, 2.45) is 0 Å². The lowest BCUT2D eigenvalue weighted by Crippen LogP contribution is -2.37. The maximum absolute atomic E-state index is 13.7. The Bertz CT molecular complexity index is 1320. The molecule has 1 amide bonds. The van der Waals surface area contributed by atoms with E-state index in [-0.39, 0.29) is 23.5 Å². The maximum Gasteiger partial charge on any atom is 0.256 e. The third-order valence-electron chi connectivity index (χ3n) is 5.52. The molecule has 3 aromatic heterocycles. The summed E-state index contributed by atoms with van der Waals surface area (Å²) in [6.07, 6.45) is 3.68. The van der Waals surface area contributed by atoms with E-state index in [1.54, 1.807) is 30.3 Å². The van der Waals surface area contributed by atoms with Gasteiger partial charge in [-0.25, -0.2) is 4.39 Å². The zero-order chi connectivity index (χ0) is 20.1. The van der Waals surface area contributed by atoms with Gasteiger partial charge in [0.05, 0.1) is 30.2 Å². The van der Waals surface area contributed by atoms with Gasteiger partial charge in [-0.2, -0.15) is 0 Å². The molecule has 4 heterocycles. The topological polar surface area (TPSA) is 66.8 Å². The average Bonchev–Trinajstić information content (AvgIpc) is 3.20. The molecule has 0 bridgehead atoms. The second kappa shape index (κ2) is 6.56. The van der Waals surface area contributed by atoms with Crippen LogP contribution in [0.4, 0.5) is 4.39 Å². The van der Waals surface area contributed by atoms with E-state index in [1.165, 1.54) is 12.1 Å². The van der Waals surface area contributed by atoms with Crippen LogP contribution in [0.1, 0.15) is 27.7 Å². The lowest BCUT2D eigenvalue weighted by atomic mass is 9.95. The number of amides is 1. The smallest absolute Gasteiger partial charge is 0.256 e. The van der Waals surface area contributed by atoms with Crippen molar-refractivity contribution in [1.29, 1.82) is 0 Å². The number of carbonyl (C=O) groups excluding carboxylic acids is 1. The van der Waals surface area contributed by atoms with Crippen LogP contribution in [0.25, 0.3) is 16.3 Å². The van der Waals surface area contributed by atoms with Crippen LogP contribution >= 0.6 is 0 Å². The van der Waals surface area contributed by atoms with Gasteiger partial charge in [-0.1, -0.05) is 6.07 Å². The van der Waals surface area contributed by atoms with Gasteiger partial charge in [0.2, 0.25) is 0 Å². The number of rotatable bonds is 2. The Morgan fingerprint density at radius 3 is 2.97 bits per heavy atom. The lowest BCUT2D eigenvalue weighted by molar-refractivity contribution is 0.0335. The Morgan fingerprint density at radius 2 is 2.10 bits per heavy atom. The largest absolute Gasteiger partial charge is 0.373 e. The third-order valence-corrected chi connectivity index (χ3v) is 5.52. The van der Waals surface area contributed by atoms with Gasteiger partial charge < -0.3 is 19.0 Å². The Kier molecular flexibility index (Phi) is 3.99. The van der Waals surface area contributed by atoms with Gasteiger partial charge in [0.1, 0.15) is 5.82 Å². The number of fused-ring (bicyclic) bond motifs is 4. The van der Waals surface area contributed by atoms with Crippen LogP contribution < -0.4 is 5.56 Å². The number of benzene rings is 1. The molecule has 6 nitrogen and oxygen atoms in total. The highest BCUT2D eigenvalue weighted by molar-refractivity contribution is 5.95. The number of halogens is 1. The standard InChI is InChI=1S/C22H18FN3O3/c1-25(22(28)13-4-6-15-3-2-8-26(15)10-13)19-12-29-11-18-20(19)16-7-5-14(23)9-17(16)21(27)24-18/h2-10,19H,11-12H2,1H3,(H,24,27)/t19-/m0/s1. The predicted molar refractivity (Wildman–Crippen MR) is 106 cm³/mol. The summed E-state index contributed by atoms with van der Waals surface area (Å²) in [4.78, 5) is 30.0. The second-order valence-corrected chi connectivity index (χ2v) is 7.24. The van der Waals surface area contributed by atoms with Crippen LogP contribution in [0.15, 0.2) is 59.7 Å². The number of hydrogen-bond donors (Lipinski definition) is 1. The summed E-state index contributed by atoms with van der Waals surface area (Å²) in [6.45, 7) is 0.533. The minimum atomic E-state index is -0.476. The molecule has 7 heteroatoms. The Hall–Kier alpha value is -3.45. The Labute approximate surface area is 165 Å². The SMILES string of the molecule is CN(C(=O)c1ccc2cccn2c1)[C@H]1COCc2[nH]c(=O)c3cc(F)ccc3c21. The molecule has 29 heavy (non-hydrogen) atoms. The summed E-state index contributed by atoms with van der Waals surface area (Å²) in [5.74, 6) is -0.639. The highest BCUT2D eigenvalue weighted by atomic mass is 19.1. The molecule has 1 N–H and O–H groups in total. The molecule has 1 aromatic carbocycles. The summed E-state index contributed by atoms with van der Waals surface area (Å²) >= 11 is 0. The number of pyridine rings is 2. The molecular weight excluding hydrogens is 373 g/mol. The molecule has 0 radical (unpaired) electrons. The molecule has 1 aliphatic heterocycles. The Balaban J connectivity index is 1.60. The van der Waals surface area contributed by atoms with Crippen LogP contribution in [-0.4, -0.2) is 33.8 Å². The van der Waals surface area contributed by atoms with Crippen LogP contribution in [-0.2, 0) is 11.3 Å². The van der Waals surface area contributed by atoms with Crippen LogP contribution in [0.5, 0.6) is 0 Å². The number of nitrogens with one attached hydrogen (secondary N) is 1. The first-order chi connectivity index (χ1) is 14.0. The third kappa shape index (κ3) is 2.82. The van der Waals surface area contributed by atoms with Crippen molar-refractivity contribution in [3.8, 4) is 0 Å². The van der Waals surface area contributed by atoms with E-state index in [0.29, 0.717) is 23.3 Å². The number of aromatic nitrogens is 2. The molecule has 1 aliphatic rings. The fourth-order valence-corrected chi connectivity index (χ4v) is 4.03. The maximum atomic E-state index is 13.7. The van der Waals surface area contributed by atoms with Gasteiger partial charge in [0.15, 0.2) is 0 Å². The van der Waals surface area contributed by atoms with Crippen LogP contribution in [0.2, 0.25) is 0 Å². The molecule has 146 valence electrons. The molecule has 1 atom stereocenters. The van der Waals surface area contributed by atoms with Gasteiger partial charge in [-0.05, 0) is 41.8 Å². The molecule has 0 spiro atoms. The zero-order valence-corrected chi connectivity index (χ0v) is 15.7. The summed E-state index contributed by atoms with van der Waals surface area (Å²) in [5.41, 5.74) is 2.59. The molecule has 0 saturated heterocycles. The van der Waals surface area contributed by atoms with Gasteiger partial charge in [0.25, 0.3) is 11.5 Å².